The van der Waals surface area contributed by atoms with Crippen LogP contribution in [-0.2, 0) is 64.2 Å². The van der Waals surface area contributed by atoms with Crippen molar-refractivity contribution >= 4 is 88.7 Å². The highest BCUT2D eigenvalue weighted by atomic mass is 14.8. The zero-order valence-corrected chi connectivity index (χ0v) is 70.4. The smallest absolute Gasteiger partial charge is 0.0771 e. The molecular formula is C102H126N8. The van der Waals surface area contributed by atoms with Crippen LogP contribution in [0.2, 0.25) is 0 Å². The number of allylic oxidation sites excluding steroid dienone is 8. The maximum Gasteiger partial charge on any atom is 0.0771 e. The topological polar surface area (TPSA) is 115 Å². The molecule has 9 aromatic rings. The molecule has 4 aliphatic heterocycles. The zero-order chi connectivity index (χ0) is 77.6. The number of benzene rings is 3. The van der Waals surface area contributed by atoms with Crippen molar-refractivity contribution < 1.29 is 0 Å². The van der Waals surface area contributed by atoms with Crippen LogP contribution in [0.3, 0.4) is 0 Å². The van der Waals surface area contributed by atoms with Gasteiger partial charge in [-0.05, 0) is 275 Å². The van der Waals surface area contributed by atoms with Gasteiger partial charge in [-0.25, -0.2) is 19.9 Å². The predicted molar refractivity (Wildman–Crippen MR) is 478 cm³/mol. The van der Waals surface area contributed by atoms with Crippen molar-refractivity contribution in [3.63, 3.8) is 0 Å². The maximum atomic E-state index is 6.05. The van der Waals surface area contributed by atoms with Gasteiger partial charge in [0.2, 0.25) is 0 Å². The molecule has 13 rings (SSSR count). The normalized spacial score (nSPS) is 13.3. The summed E-state index contributed by atoms with van der Waals surface area (Å²) in [7, 11) is 0. The van der Waals surface area contributed by atoms with Crippen molar-refractivity contribution in [1.29, 1.82) is 0 Å². The van der Waals surface area contributed by atoms with Crippen molar-refractivity contribution in [1.82, 2.24) is 39.9 Å². The molecule has 0 amide bonds. The van der Waals surface area contributed by atoms with E-state index in [9.17, 15) is 0 Å². The van der Waals surface area contributed by atoms with Gasteiger partial charge in [0.15, 0.2) is 0 Å². The van der Waals surface area contributed by atoms with Crippen molar-refractivity contribution in [3.8, 4) is 44.5 Å². The number of hydrogen-bond acceptors (Lipinski definition) is 4. The molecule has 0 saturated carbocycles. The third-order valence-corrected chi connectivity index (χ3v) is 25.1. The number of aromatic nitrogens is 8. The number of H-pyrrole nitrogens is 4. The molecule has 3 aromatic carbocycles. The molecule has 0 fully saturated rings. The molecule has 574 valence electrons. The van der Waals surface area contributed by atoms with Crippen molar-refractivity contribution in [2.24, 2.45) is 0 Å². The number of nitrogens with one attached hydrogen (secondary N) is 4. The second kappa shape index (κ2) is 35.1. The van der Waals surface area contributed by atoms with Crippen LogP contribution in [0.1, 0.15) is 329 Å². The molecule has 4 N–H and O–H groups in total. The van der Waals surface area contributed by atoms with E-state index in [-0.39, 0.29) is 0 Å². The molecule has 8 heteroatoms. The molecule has 4 aliphatic rings. The Morgan fingerprint density at radius 1 is 0.218 bits per heavy atom. The minimum Gasteiger partial charge on any atom is -0.354 e. The van der Waals surface area contributed by atoms with Crippen LogP contribution < -0.4 is 0 Å². The SMILES string of the molecule is CCCCCCc1ccc(-c2c3nc(cc4[nH]c(c(CC)c4CC)c(-c4ccc(-c5c6nc(cc7[nH]c(c(CC)c7CC)c(-c7ccc(CCCCCC)cc7)c7nc(cc8[nH]c5c(CC)c8CC)C(CC)=C7CC)C(CC)=C6CC)cc4)c4nc(cc5[nH]c2c(CC)c5CC)C(CC)=C4CC)C(CC)=C3CC)cc1. The summed E-state index contributed by atoms with van der Waals surface area (Å²) in [6.07, 6.45) is 26.1. The fourth-order valence-corrected chi connectivity index (χ4v) is 19.7. The van der Waals surface area contributed by atoms with E-state index in [4.69, 9.17) is 19.9 Å². The summed E-state index contributed by atoms with van der Waals surface area (Å²) in [6, 6.07) is 38.5. The van der Waals surface area contributed by atoms with Gasteiger partial charge in [0.05, 0.1) is 67.6 Å². The Labute approximate surface area is 658 Å². The number of nitrogens with zero attached hydrogens (tertiary/aromatic N) is 4. The van der Waals surface area contributed by atoms with Gasteiger partial charge in [0, 0.05) is 44.3 Å². The lowest BCUT2D eigenvalue weighted by atomic mass is 9.90. The highest BCUT2D eigenvalue weighted by molar-refractivity contribution is 6.07. The van der Waals surface area contributed by atoms with Crippen LogP contribution in [0.15, 0.2) is 97.1 Å². The fourth-order valence-electron chi connectivity index (χ4n) is 19.7. The Bertz CT molecular complexity index is 5090. The summed E-state index contributed by atoms with van der Waals surface area (Å²) >= 11 is 0. The average Bonchev–Trinajstić information content (AvgIpc) is 1.59. The van der Waals surface area contributed by atoms with Crippen LogP contribution in [-0.4, -0.2) is 39.9 Å². The first-order valence-corrected chi connectivity index (χ1v) is 43.7. The molecule has 0 atom stereocenters. The quantitative estimate of drug-likeness (QED) is 0.0336. The largest absolute Gasteiger partial charge is 0.354 e. The van der Waals surface area contributed by atoms with Crippen LogP contribution in [0.4, 0.5) is 0 Å². The van der Waals surface area contributed by atoms with Crippen molar-refractivity contribution in [3.05, 3.63) is 198 Å². The van der Waals surface area contributed by atoms with Crippen LogP contribution >= 0.6 is 0 Å². The van der Waals surface area contributed by atoms with E-state index >= 15 is 0 Å². The molecule has 16 bridgehead atoms. The zero-order valence-electron chi connectivity index (χ0n) is 70.4. The maximum absolute atomic E-state index is 6.05. The summed E-state index contributed by atoms with van der Waals surface area (Å²) < 4.78 is 0. The minimum absolute atomic E-state index is 0.841. The van der Waals surface area contributed by atoms with E-state index in [1.807, 2.05) is 0 Å². The van der Waals surface area contributed by atoms with Gasteiger partial charge in [-0.15, -0.1) is 0 Å². The summed E-state index contributed by atoms with van der Waals surface area (Å²) in [5, 5.41) is 0. The number of fused-ring (bicyclic) bond motifs is 16. The molecule has 110 heavy (non-hydrogen) atoms. The lowest BCUT2D eigenvalue weighted by molar-refractivity contribution is 0.667. The minimum atomic E-state index is 0.841. The Hall–Kier alpha value is -9.14. The summed E-state index contributed by atoms with van der Waals surface area (Å²) in [6.45, 7) is 42.0. The van der Waals surface area contributed by atoms with Crippen LogP contribution in [0.5, 0.6) is 0 Å². The van der Waals surface area contributed by atoms with Gasteiger partial charge in [0.1, 0.15) is 0 Å². The summed E-state index contributed by atoms with van der Waals surface area (Å²) in [4.78, 5) is 41.0. The van der Waals surface area contributed by atoms with Gasteiger partial charge in [-0.3, -0.25) is 0 Å². The third-order valence-electron chi connectivity index (χ3n) is 25.1. The molecule has 0 saturated heterocycles. The second-order valence-corrected chi connectivity index (χ2v) is 31.0. The predicted octanol–water partition coefficient (Wildman–Crippen LogP) is 29.3. The molecular weight excluding hydrogens is 1340 g/mol. The number of aromatic amines is 4. The summed E-state index contributed by atoms with van der Waals surface area (Å²) in [5.74, 6) is 0. The number of hydrogen-bond donors (Lipinski definition) is 4. The first-order chi connectivity index (χ1) is 53.8. The lowest BCUT2D eigenvalue weighted by Gasteiger charge is -2.13. The number of unbranched alkanes of at least 4 members (excludes halogenated alkanes) is 6. The Morgan fingerprint density at radius 3 is 0.618 bits per heavy atom. The Kier molecular flexibility index (Phi) is 25.2. The highest BCUT2D eigenvalue weighted by Gasteiger charge is 2.32. The van der Waals surface area contributed by atoms with Gasteiger partial charge in [-0.1, -0.05) is 236 Å². The molecule has 6 aromatic heterocycles. The fraction of sp³-hybridized carbons (Fsp3) is 0.431. The molecule has 10 heterocycles. The molecule has 0 unspecified atom stereocenters. The second-order valence-electron chi connectivity index (χ2n) is 31.0. The molecule has 0 aliphatic carbocycles. The van der Waals surface area contributed by atoms with E-state index in [2.05, 4.69) is 242 Å². The van der Waals surface area contributed by atoms with Crippen molar-refractivity contribution in [2.75, 3.05) is 0 Å². The van der Waals surface area contributed by atoms with Crippen molar-refractivity contribution in [2.45, 2.75) is 292 Å². The van der Waals surface area contributed by atoms with E-state index in [1.54, 1.807) is 0 Å². The lowest BCUT2D eigenvalue weighted by Crippen LogP contribution is -1.95. The molecule has 0 radical (unpaired) electrons. The van der Waals surface area contributed by atoms with E-state index in [0.717, 1.165) is 216 Å². The van der Waals surface area contributed by atoms with Crippen LogP contribution in [0.25, 0.3) is 133 Å². The number of rotatable bonds is 30. The molecule has 0 spiro atoms. The first kappa shape index (κ1) is 79.0. The third kappa shape index (κ3) is 14.3. The van der Waals surface area contributed by atoms with E-state index in [0.29, 0.717) is 0 Å². The monoisotopic (exact) mass is 1460 g/mol. The summed E-state index contributed by atoms with van der Waals surface area (Å²) in [5.41, 5.74) is 51.3. The molecule has 8 nitrogen and oxygen atoms in total. The van der Waals surface area contributed by atoms with Crippen LogP contribution in [0, 0.1) is 0 Å². The Balaban J connectivity index is 1.12. The standard InChI is InChI=1S/C102H126N8/c1-19-37-39-41-43-61-45-49-63(50-46-61)91-95-75(29-11)67(21-3)83(103-95)57-87-71(25-7)79(33-15)99(107-87)93(100-80(34-16)72(26-8)88(108-100)58-84-68(22-4)76(30-12)96(91)104-84)65-53-55-66(56-54-65)94-101-81(35-17)73(27-9)89(109-101)59-85-69(23-5)77(31-13)97(105-85)92(64-51-47-62(48-52-64)44-42-40-38-20-2)98-78(32-14)70(24-6)86(106-98)60-90-74(28-10)82(36-18)102(94)110-90/h45-60,103,105,108,110H,19-44H2,1-18H3. The van der Waals surface area contributed by atoms with Gasteiger partial charge in [-0.2, -0.15) is 0 Å². The van der Waals surface area contributed by atoms with E-state index in [1.165, 1.54) is 185 Å². The highest BCUT2D eigenvalue weighted by Crippen LogP contribution is 2.50. The average molecular weight is 1460 g/mol. The first-order valence-electron chi connectivity index (χ1n) is 43.7. The number of aryl methyl sites for hydroxylation is 10. The van der Waals surface area contributed by atoms with Gasteiger partial charge in [0.25, 0.3) is 0 Å². The Morgan fingerprint density at radius 2 is 0.427 bits per heavy atom. The van der Waals surface area contributed by atoms with E-state index < -0.39 is 0 Å². The van der Waals surface area contributed by atoms with Gasteiger partial charge < -0.3 is 19.9 Å². The van der Waals surface area contributed by atoms with Gasteiger partial charge >= 0.3 is 0 Å².